The van der Waals surface area contributed by atoms with Crippen LogP contribution in [0.5, 0.6) is 0 Å². The number of aliphatic hydroxyl groups excluding tert-OH is 1. The number of halogens is 3. The molecule has 2 atom stereocenters. The molecule has 5 heterocycles. The number of aromatic amines is 1. The lowest BCUT2D eigenvalue weighted by molar-refractivity contribution is -0.618. The lowest BCUT2D eigenvalue weighted by Gasteiger charge is -2.33. The molecule has 14 heteroatoms. The van der Waals surface area contributed by atoms with E-state index in [1.807, 2.05) is 0 Å². The standard InChI is InChI=1S/C24H19ClF2N8O3/c25-15-2-4-17(33-11-29-31-32-33)21(23(15)27)12-7-13-1-3-18(35(13)20(37)8-12)24-28-9-16(30-24)14-5-6-34(38)19(10-36)22(14)26/h2,4-6,8-9,11,13,18,36H,1,3,7,10H2,(H,28,30)/t13-,18+/m1/s1/i9D. The van der Waals surface area contributed by atoms with Gasteiger partial charge in [0.05, 0.1) is 30.0 Å². The highest BCUT2D eigenvalue weighted by Crippen LogP contribution is 2.44. The van der Waals surface area contributed by atoms with Gasteiger partial charge in [0, 0.05) is 29.3 Å². The smallest absolute Gasteiger partial charge is 0.254 e. The summed E-state index contributed by atoms with van der Waals surface area (Å²) in [7, 11) is 0. The summed E-state index contributed by atoms with van der Waals surface area (Å²) in [6.07, 6.45) is 4.83. The molecule has 1 fully saturated rings. The first-order valence-electron chi connectivity index (χ1n) is 12.1. The average Bonchev–Trinajstić information content (AvgIpc) is 3.66. The number of carbonyl (C=O) groups is 1. The third-order valence-corrected chi connectivity index (χ3v) is 7.20. The summed E-state index contributed by atoms with van der Waals surface area (Å²) in [6, 6.07) is 3.33. The Bertz CT molecular complexity index is 1640. The van der Waals surface area contributed by atoms with Crippen molar-refractivity contribution in [3.63, 3.8) is 0 Å². The van der Waals surface area contributed by atoms with Gasteiger partial charge in [-0.25, -0.2) is 9.37 Å². The molecule has 38 heavy (non-hydrogen) atoms. The molecular formula is C24H19ClF2N8O3. The third-order valence-electron chi connectivity index (χ3n) is 6.91. The number of nitrogens with one attached hydrogen (secondary N) is 1. The summed E-state index contributed by atoms with van der Waals surface area (Å²) >= 11 is 6.08. The van der Waals surface area contributed by atoms with E-state index in [2.05, 4.69) is 25.5 Å². The van der Waals surface area contributed by atoms with E-state index >= 15 is 4.39 Å². The van der Waals surface area contributed by atoms with Crippen LogP contribution in [0.2, 0.25) is 5.02 Å². The van der Waals surface area contributed by atoms with Crippen LogP contribution in [-0.2, 0) is 11.4 Å². The molecule has 4 aromatic rings. The second-order valence-electron chi connectivity index (χ2n) is 8.96. The summed E-state index contributed by atoms with van der Waals surface area (Å²) in [6.45, 7) is -0.818. The van der Waals surface area contributed by atoms with Crippen LogP contribution in [0.1, 0.15) is 43.8 Å². The number of rotatable bonds is 5. The van der Waals surface area contributed by atoms with Gasteiger partial charge >= 0.3 is 0 Å². The van der Waals surface area contributed by atoms with E-state index in [0.29, 0.717) is 30.5 Å². The van der Waals surface area contributed by atoms with E-state index in [-0.39, 0.29) is 50.5 Å². The predicted molar refractivity (Wildman–Crippen MR) is 128 cm³/mol. The molecule has 1 amide bonds. The van der Waals surface area contributed by atoms with E-state index in [1.54, 1.807) is 11.0 Å². The van der Waals surface area contributed by atoms with Crippen LogP contribution in [0.3, 0.4) is 0 Å². The van der Waals surface area contributed by atoms with E-state index in [9.17, 15) is 19.5 Å². The number of imidazole rings is 1. The number of fused-ring (bicyclic) bond motifs is 1. The largest absolute Gasteiger partial charge is 0.618 e. The number of hydrogen-bond donors (Lipinski definition) is 2. The van der Waals surface area contributed by atoms with Gasteiger partial charge in [0.1, 0.15) is 18.8 Å². The van der Waals surface area contributed by atoms with E-state index in [0.717, 1.165) is 6.20 Å². The van der Waals surface area contributed by atoms with Gasteiger partial charge in [-0.3, -0.25) is 4.79 Å². The van der Waals surface area contributed by atoms with Crippen molar-refractivity contribution in [2.45, 2.75) is 38.0 Å². The number of benzene rings is 1. The Balaban J connectivity index is 1.35. The Morgan fingerprint density at radius 3 is 2.89 bits per heavy atom. The number of H-pyrrole nitrogens is 1. The van der Waals surface area contributed by atoms with Gasteiger partial charge in [-0.1, -0.05) is 11.6 Å². The summed E-state index contributed by atoms with van der Waals surface area (Å²) in [4.78, 5) is 22.2. The number of aliphatic hydroxyl groups is 1. The first kappa shape index (κ1) is 22.9. The molecule has 0 bridgehead atoms. The van der Waals surface area contributed by atoms with Gasteiger partial charge in [-0.2, -0.15) is 13.8 Å². The molecule has 0 unspecified atom stereocenters. The highest BCUT2D eigenvalue weighted by atomic mass is 35.5. The van der Waals surface area contributed by atoms with Crippen LogP contribution in [0.4, 0.5) is 8.78 Å². The fraction of sp³-hybridized carbons (Fsp3) is 0.250. The maximum absolute atomic E-state index is 15.3. The molecule has 2 aliphatic rings. The van der Waals surface area contributed by atoms with E-state index in [4.69, 9.17) is 13.0 Å². The lowest BCUT2D eigenvalue weighted by atomic mass is 9.92. The van der Waals surface area contributed by atoms with Crippen molar-refractivity contribution >= 4 is 23.1 Å². The van der Waals surface area contributed by atoms with Gasteiger partial charge in [-0.05, 0) is 47.4 Å². The molecule has 1 saturated heterocycles. The number of tetrazole rings is 1. The first-order chi connectivity index (χ1) is 18.8. The molecule has 194 valence electrons. The maximum atomic E-state index is 15.3. The molecular weight excluding hydrogens is 522 g/mol. The number of amides is 1. The van der Waals surface area contributed by atoms with Crippen molar-refractivity contribution in [3.8, 4) is 16.9 Å². The van der Waals surface area contributed by atoms with Gasteiger partial charge < -0.3 is 20.2 Å². The Hall–Kier alpha value is -4.23. The molecule has 11 nitrogen and oxygen atoms in total. The Labute approximate surface area is 220 Å². The van der Waals surface area contributed by atoms with Crippen LogP contribution >= 0.6 is 11.6 Å². The van der Waals surface area contributed by atoms with Crippen LogP contribution in [-0.4, -0.2) is 52.1 Å². The SMILES string of the molecule is [2H]c1nc([C@@H]2CC[C@@H]3CC(c4c(-n5cnnn5)ccc(Cl)c4F)=CC(=O)N32)[nH]c1-c1cc[n+]([O-])c(CO)c1F. The van der Waals surface area contributed by atoms with E-state index < -0.39 is 30.0 Å². The minimum absolute atomic E-state index is 0.0222. The van der Waals surface area contributed by atoms with Crippen molar-refractivity contribution in [2.24, 2.45) is 0 Å². The number of hydrogen-bond acceptors (Lipinski definition) is 7. The maximum Gasteiger partial charge on any atom is 0.254 e. The van der Waals surface area contributed by atoms with Crippen molar-refractivity contribution in [1.82, 2.24) is 35.1 Å². The Kier molecular flexibility index (Phi) is 5.59. The average molecular weight is 542 g/mol. The molecule has 2 aliphatic heterocycles. The van der Waals surface area contributed by atoms with Crippen molar-refractivity contribution in [1.29, 1.82) is 0 Å². The second-order valence-corrected chi connectivity index (χ2v) is 9.37. The minimum atomic E-state index is -0.966. The van der Waals surface area contributed by atoms with Crippen molar-refractivity contribution < 1.29 is 24.8 Å². The Morgan fingerprint density at radius 2 is 2.13 bits per heavy atom. The molecule has 0 radical (unpaired) electrons. The van der Waals surface area contributed by atoms with Crippen LogP contribution in [0.15, 0.2) is 43.0 Å². The highest BCUT2D eigenvalue weighted by Gasteiger charge is 2.42. The molecule has 3 aromatic heterocycles. The van der Waals surface area contributed by atoms with Crippen LogP contribution in [0.25, 0.3) is 22.5 Å². The summed E-state index contributed by atoms with van der Waals surface area (Å²) < 4.78 is 40.0. The minimum Gasteiger partial charge on any atom is -0.618 e. The summed E-state index contributed by atoms with van der Waals surface area (Å²) in [5.74, 6) is -1.75. The zero-order valence-corrected chi connectivity index (χ0v) is 20.2. The number of nitrogens with zero attached hydrogens (tertiary/aromatic N) is 7. The zero-order valence-electron chi connectivity index (χ0n) is 20.5. The summed E-state index contributed by atoms with van der Waals surface area (Å²) in [5, 5.41) is 32.1. The highest BCUT2D eigenvalue weighted by molar-refractivity contribution is 6.31. The Morgan fingerprint density at radius 1 is 1.29 bits per heavy atom. The zero-order chi connectivity index (χ0) is 27.4. The quantitative estimate of drug-likeness (QED) is 0.292. The predicted octanol–water partition coefficient (Wildman–Crippen LogP) is 2.63. The second kappa shape index (κ2) is 9.26. The third kappa shape index (κ3) is 3.82. The van der Waals surface area contributed by atoms with Gasteiger partial charge in [0.2, 0.25) is 11.7 Å². The van der Waals surface area contributed by atoms with Gasteiger partial charge in [0.15, 0.2) is 12.0 Å². The number of aromatic nitrogens is 7. The molecule has 0 saturated carbocycles. The first-order valence-corrected chi connectivity index (χ1v) is 12.0. The van der Waals surface area contributed by atoms with E-state index in [1.165, 1.54) is 29.2 Å². The number of carbonyl (C=O) groups excluding carboxylic acids is 1. The fourth-order valence-corrected chi connectivity index (χ4v) is 5.34. The molecule has 0 spiro atoms. The number of pyridine rings is 1. The van der Waals surface area contributed by atoms with Crippen LogP contribution < -0.4 is 4.73 Å². The molecule has 1 aromatic carbocycles. The normalized spacial score (nSPS) is 19.5. The molecule has 0 aliphatic carbocycles. The summed E-state index contributed by atoms with van der Waals surface area (Å²) in [5.41, 5.74) is 0.363. The fourth-order valence-electron chi connectivity index (χ4n) is 5.18. The van der Waals surface area contributed by atoms with Crippen molar-refractivity contribution in [2.75, 3.05) is 0 Å². The van der Waals surface area contributed by atoms with Gasteiger partial charge in [0.25, 0.3) is 5.69 Å². The monoisotopic (exact) mass is 541 g/mol. The van der Waals surface area contributed by atoms with Crippen LogP contribution in [0, 0.1) is 16.8 Å². The topological polar surface area (TPSA) is 140 Å². The van der Waals surface area contributed by atoms with Crippen molar-refractivity contribution in [3.05, 3.63) is 81.9 Å². The molecule has 6 rings (SSSR count). The van der Waals surface area contributed by atoms with Gasteiger partial charge in [-0.15, -0.1) is 5.10 Å². The molecule has 2 N–H and O–H groups in total. The lowest BCUT2D eigenvalue weighted by Crippen LogP contribution is -2.39.